The average molecular weight is 977 g/mol. The van der Waals surface area contributed by atoms with E-state index in [9.17, 15) is 0 Å². The van der Waals surface area contributed by atoms with E-state index in [4.69, 9.17) is 29.3 Å². The molecule has 0 aliphatic rings. The van der Waals surface area contributed by atoms with E-state index in [0.29, 0.717) is 13.2 Å². The van der Waals surface area contributed by atoms with Gasteiger partial charge in [-0.3, -0.25) is 0 Å². The van der Waals surface area contributed by atoms with E-state index in [1.165, 1.54) is 77.5 Å². The summed E-state index contributed by atoms with van der Waals surface area (Å²) in [5, 5.41) is 14.8. The second kappa shape index (κ2) is 28.4. The van der Waals surface area contributed by atoms with Crippen LogP contribution in [-0.4, -0.2) is 97.4 Å². The number of aliphatic carboxylic acids is 2. The molecule has 0 aliphatic heterocycles. The zero-order chi connectivity index (χ0) is 50.6. The van der Waals surface area contributed by atoms with Gasteiger partial charge in [0.25, 0.3) is 0 Å². The van der Waals surface area contributed by atoms with Crippen LogP contribution in [0.1, 0.15) is 143 Å². The molecule has 12 heteroatoms. The Morgan fingerprint density at radius 3 is 1.14 bits per heavy atom. The molecule has 6 rings (SSSR count). The smallest absolute Gasteiger partial charge is 0.414 e. The van der Waals surface area contributed by atoms with Gasteiger partial charge in [-0.15, -0.1) is 0 Å². The lowest BCUT2D eigenvalue weighted by Crippen LogP contribution is -2.28. The Hall–Kier alpha value is -5.43. The molecule has 380 valence electrons. The zero-order valence-electron chi connectivity index (χ0n) is 43.3. The second-order valence-corrected chi connectivity index (χ2v) is 20.2. The second-order valence-electron chi connectivity index (χ2n) is 18.8. The van der Waals surface area contributed by atoms with Gasteiger partial charge in [-0.1, -0.05) is 93.2 Å². The topological polar surface area (TPSA) is 125 Å². The van der Waals surface area contributed by atoms with E-state index >= 15 is 4.21 Å². The number of carboxylic acids is 2. The van der Waals surface area contributed by atoms with Crippen molar-refractivity contribution in [2.45, 2.75) is 141 Å². The number of aromatic nitrogens is 2. The first kappa shape index (κ1) is 55.5. The lowest BCUT2D eigenvalue weighted by Gasteiger charge is -2.21. The third kappa shape index (κ3) is 14.8. The van der Waals surface area contributed by atoms with Crippen molar-refractivity contribution in [3.63, 3.8) is 0 Å². The van der Waals surface area contributed by atoms with Gasteiger partial charge in [0.1, 0.15) is 11.5 Å². The fourth-order valence-electron chi connectivity index (χ4n) is 9.12. The predicted molar refractivity (Wildman–Crippen MR) is 287 cm³/mol. The highest BCUT2D eigenvalue weighted by atomic mass is 32.2. The number of hydrogen-bond donors (Lipinski definition) is 2. The van der Waals surface area contributed by atoms with E-state index in [2.05, 4.69) is 171 Å². The summed E-state index contributed by atoms with van der Waals surface area (Å²) < 4.78 is 32.9. The number of hydrogen-bond acceptors (Lipinski definition) is 7. The number of carbonyl (C=O) groups is 2. The first-order valence-electron chi connectivity index (χ1n) is 25.9. The molecular weight excluding hydrogens is 897 g/mol. The van der Waals surface area contributed by atoms with Crippen LogP contribution in [-0.2, 0) is 20.4 Å². The maximum Gasteiger partial charge on any atom is 0.414 e. The quantitative estimate of drug-likeness (QED) is 0.0365. The molecule has 11 nitrogen and oxygen atoms in total. The van der Waals surface area contributed by atoms with E-state index in [1.54, 1.807) is 0 Å². The molecule has 0 amide bonds. The molecule has 4 aromatic heterocycles. The van der Waals surface area contributed by atoms with Gasteiger partial charge in [0.2, 0.25) is 0 Å². The van der Waals surface area contributed by atoms with Crippen molar-refractivity contribution < 1.29 is 33.5 Å². The summed E-state index contributed by atoms with van der Waals surface area (Å²) in [6, 6.07) is 29.6. The Morgan fingerprint density at radius 1 is 0.514 bits per heavy atom. The van der Waals surface area contributed by atoms with E-state index in [-0.39, 0.29) is 11.8 Å². The minimum absolute atomic E-state index is 0.118. The number of nitrogens with zero attached hydrogens (tertiary/aromatic N) is 4. The average Bonchev–Trinajstić information content (AvgIpc) is 3.90. The Labute approximate surface area is 420 Å². The molecule has 0 unspecified atom stereocenters. The summed E-state index contributed by atoms with van der Waals surface area (Å²) in [5.74, 6) is -1.65. The van der Waals surface area contributed by atoms with Gasteiger partial charge in [0, 0.05) is 25.5 Å². The van der Waals surface area contributed by atoms with Crippen molar-refractivity contribution in [2.24, 2.45) is 0 Å². The van der Waals surface area contributed by atoms with Crippen molar-refractivity contribution in [3.8, 4) is 34.0 Å². The van der Waals surface area contributed by atoms with Gasteiger partial charge < -0.3 is 38.3 Å². The molecule has 0 saturated carbocycles. The minimum Gasteiger partial charge on any atom is -0.494 e. The van der Waals surface area contributed by atoms with Gasteiger partial charge in [-0.2, -0.15) is 0 Å². The van der Waals surface area contributed by atoms with Gasteiger partial charge in [0.15, 0.2) is 0 Å². The molecule has 0 radical (unpaired) electrons. The number of carboxylic acid groups (broad SMARTS) is 2. The highest BCUT2D eigenvalue weighted by Crippen LogP contribution is 2.45. The van der Waals surface area contributed by atoms with Crippen LogP contribution in [0.3, 0.4) is 0 Å². The van der Waals surface area contributed by atoms with Crippen LogP contribution in [0.4, 0.5) is 0 Å². The molecular formula is C58H80N4O7S. The van der Waals surface area contributed by atoms with Crippen molar-refractivity contribution >= 4 is 33.8 Å². The molecule has 0 spiro atoms. The van der Waals surface area contributed by atoms with Gasteiger partial charge in [0.05, 0.1) is 56.2 Å². The molecule has 6 aromatic rings. The molecule has 0 atom stereocenters. The highest BCUT2D eigenvalue weighted by Gasteiger charge is 2.32. The number of fused-ring (bicyclic) bond motifs is 2. The number of unbranched alkanes of at least 4 members (excludes halogenated alkanes) is 4. The summed E-state index contributed by atoms with van der Waals surface area (Å²) in [4.78, 5) is 25.2. The third-order valence-electron chi connectivity index (χ3n) is 12.7. The Kier molecular flexibility index (Phi) is 22.5. The summed E-state index contributed by atoms with van der Waals surface area (Å²) in [5.41, 5.74) is 8.53. The summed E-state index contributed by atoms with van der Waals surface area (Å²) in [7, 11) is -1.50. The molecule has 0 aliphatic carbocycles. The maximum absolute atomic E-state index is 15.8. The van der Waals surface area contributed by atoms with Crippen LogP contribution in [0.5, 0.6) is 11.5 Å². The SMILES string of the molecule is CCCCN(CCCC)CCCOc1ccc(-c2c(C(C)C)c(S(=O)c3c(C(C)C)c(-c4ccc(OCCCN(CCCC)CCCC)cc4)n4ccccc34)c3ccccn23)cc1.O=C(O)C(=O)O. The van der Waals surface area contributed by atoms with E-state index in [1.807, 2.05) is 0 Å². The van der Waals surface area contributed by atoms with Crippen LogP contribution in [0.2, 0.25) is 0 Å². The largest absolute Gasteiger partial charge is 0.494 e. The van der Waals surface area contributed by atoms with Crippen molar-refractivity contribution in [1.82, 2.24) is 18.6 Å². The summed E-state index contributed by atoms with van der Waals surface area (Å²) >= 11 is 0. The molecule has 0 fully saturated rings. The lowest BCUT2D eigenvalue weighted by atomic mass is 9.99. The maximum atomic E-state index is 15.8. The normalized spacial score (nSPS) is 11.7. The van der Waals surface area contributed by atoms with Gasteiger partial charge in [-0.25, -0.2) is 13.8 Å². The fourth-order valence-corrected chi connectivity index (χ4v) is 11.1. The molecule has 2 N–H and O–H groups in total. The zero-order valence-corrected chi connectivity index (χ0v) is 44.1. The molecule has 0 saturated heterocycles. The van der Waals surface area contributed by atoms with Crippen molar-refractivity contribution in [3.05, 3.63) is 108 Å². The first-order valence-corrected chi connectivity index (χ1v) is 27.1. The van der Waals surface area contributed by atoms with Crippen molar-refractivity contribution in [2.75, 3.05) is 52.5 Å². The minimum atomic E-state index is -1.82. The van der Waals surface area contributed by atoms with Crippen molar-refractivity contribution in [1.29, 1.82) is 0 Å². The van der Waals surface area contributed by atoms with Crippen LogP contribution in [0.15, 0.2) is 107 Å². The summed E-state index contributed by atoms with van der Waals surface area (Å²) in [6.07, 6.45) is 16.2. The van der Waals surface area contributed by atoms with Gasteiger partial charge in [-0.05, 0) is 172 Å². The number of rotatable bonds is 28. The van der Waals surface area contributed by atoms with Crippen LogP contribution < -0.4 is 9.47 Å². The Morgan fingerprint density at radius 2 is 0.843 bits per heavy atom. The molecule has 70 heavy (non-hydrogen) atoms. The summed E-state index contributed by atoms with van der Waals surface area (Å²) in [6.45, 7) is 26.2. The van der Waals surface area contributed by atoms with E-state index < -0.39 is 22.7 Å². The molecule has 0 bridgehead atoms. The number of benzene rings is 2. The predicted octanol–water partition coefficient (Wildman–Crippen LogP) is 13.4. The van der Waals surface area contributed by atoms with Crippen LogP contribution in [0.25, 0.3) is 33.5 Å². The van der Waals surface area contributed by atoms with E-state index in [0.717, 1.165) is 91.9 Å². The van der Waals surface area contributed by atoms with Crippen LogP contribution in [0, 0.1) is 0 Å². The lowest BCUT2D eigenvalue weighted by molar-refractivity contribution is -0.159. The van der Waals surface area contributed by atoms with Gasteiger partial charge >= 0.3 is 11.9 Å². The fraction of sp³-hybridized carbons (Fsp3) is 0.483. The Bertz CT molecular complexity index is 2370. The monoisotopic (exact) mass is 977 g/mol. The first-order chi connectivity index (χ1) is 33.9. The number of ether oxygens (including phenoxy) is 2. The van der Waals surface area contributed by atoms with Crippen LogP contribution >= 0.6 is 0 Å². The standard InChI is InChI=1S/C56H78N4O3S.C2H2O4/c1-9-13-33-57(34-14-10-2)37-21-41-62-47-29-25-45(26-30-47)53-51(43(5)6)55(49-23-17-19-39-59(49)53)64(61)56-50-24-18-20-40-60(50)54(52(56)44(7)8)46-27-31-48(32-28-46)63-42-22-38-58(35-15-11-3)36-16-12-4;3-1(4)2(5)6/h17-20,23-32,39-40,43-44H,9-16,21-22,33-38,41-42H2,1-8H3;(H,3,4)(H,5,6). The molecule has 4 heterocycles. The molecule has 2 aromatic carbocycles. The number of pyridine rings is 2. The highest BCUT2D eigenvalue weighted by molar-refractivity contribution is 7.85. The Balaban J connectivity index is 0.00000143. The third-order valence-corrected chi connectivity index (χ3v) is 14.3.